The third kappa shape index (κ3) is 4.92. The Morgan fingerprint density at radius 3 is 2.41 bits per heavy atom. The summed E-state index contributed by atoms with van der Waals surface area (Å²) in [4.78, 5) is 28.6. The molecule has 6 heteroatoms. The molecule has 0 bridgehead atoms. The average molecular weight is 382 g/mol. The molecular weight excluding hydrogens is 358 g/mol. The SMILES string of the molecule is CC(C)(C)c1ccc(C(=O)NCCC(=O)Nc2nc3ccccc3s2)cc1. The summed E-state index contributed by atoms with van der Waals surface area (Å²) in [5.41, 5.74) is 2.68. The van der Waals surface area contributed by atoms with E-state index in [0.717, 1.165) is 10.2 Å². The normalized spacial score (nSPS) is 11.4. The minimum atomic E-state index is -0.178. The molecule has 0 spiro atoms. The molecule has 140 valence electrons. The van der Waals surface area contributed by atoms with Crippen LogP contribution < -0.4 is 10.6 Å². The molecular formula is C21H23N3O2S. The molecule has 0 aliphatic carbocycles. The van der Waals surface area contributed by atoms with Gasteiger partial charge in [-0.2, -0.15) is 0 Å². The number of nitrogens with zero attached hydrogens (tertiary/aromatic N) is 1. The molecule has 1 aromatic heterocycles. The van der Waals surface area contributed by atoms with E-state index in [1.54, 1.807) is 0 Å². The maximum absolute atomic E-state index is 12.2. The van der Waals surface area contributed by atoms with E-state index in [-0.39, 0.29) is 30.2 Å². The topological polar surface area (TPSA) is 71.1 Å². The summed E-state index contributed by atoms with van der Waals surface area (Å²) < 4.78 is 1.03. The Hall–Kier alpha value is -2.73. The molecule has 5 nitrogen and oxygen atoms in total. The Morgan fingerprint density at radius 1 is 1.04 bits per heavy atom. The molecule has 3 rings (SSSR count). The van der Waals surface area contributed by atoms with E-state index in [1.807, 2.05) is 48.5 Å². The number of hydrogen-bond acceptors (Lipinski definition) is 4. The van der Waals surface area contributed by atoms with E-state index in [2.05, 4.69) is 36.4 Å². The third-order valence-corrected chi connectivity index (χ3v) is 5.14. The monoisotopic (exact) mass is 381 g/mol. The number of carbonyl (C=O) groups excluding carboxylic acids is 2. The number of amides is 2. The average Bonchev–Trinajstić information content (AvgIpc) is 3.03. The molecule has 2 amide bonds. The molecule has 2 aromatic carbocycles. The Kier molecular flexibility index (Phi) is 5.56. The number of nitrogens with one attached hydrogen (secondary N) is 2. The van der Waals surface area contributed by atoms with Crippen LogP contribution in [-0.2, 0) is 10.2 Å². The molecule has 0 fully saturated rings. The van der Waals surface area contributed by atoms with E-state index in [4.69, 9.17) is 0 Å². The van der Waals surface area contributed by atoms with Crippen LogP contribution in [0.1, 0.15) is 43.1 Å². The van der Waals surface area contributed by atoms with Gasteiger partial charge in [0.1, 0.15) is 0 Å². The molecule has 3 aromatic rings. The Morgan fingerprint density at radius 2 is 1.74 bits per heavy atom. The van der Waals surface area contributed by atoms with E-state index >= 15 is 0 Å². The summed E-state index contributed by atoms with van der Waals surface area (Å²) in [5.74, 6) is -0.347. The van der Waals surface area contributed by atoms with Crippen molar-refractivity contribution in [3.63, 3.8) is 0 Å². The first-order valence-corrected chi connectivity index (χ1v) is 9.69. The van der Waals surface area contributed by atoms with Gasteiger partial charge in [-0.15, -0.1) is 0 Å². The van der Waals surface area contributed by atoms with Crippen LogP contribution in [0, 0.1) is 0 Å². The molecule has 1 heterocycles. The number of carbonyl (C=O) groups is 2. The molecule has 2 N–H and O–H groups in total. The minimum absolute atomic E-state index is 0.0493. The number of aromatic nitrogens is 1. The lowest BCUT2D eigenvalue weighted by Crippen LogP contribution is -2.27. The van der Waals surface area contributed by atoms with Crippen molar-refractivity contribution in [3.8, 4) is 0 Å². The highest BCUT2D eigenvalue weighted by Gasteiger charge is 2.14. The predicted octanol–water partition coefficient (Wildman–Crippen LogP) is 4.35. The van der Waals surface area contributed by atoms with Crippen molar-refractivity contribution in [2.75, 3.05) is 11.9 Å². The highest BCUT2D eigenvalue weighted by molar-refractivity contribution is 7.22. The lowest BCUT2D eigenvalue weighted by molar-refractivity contribution is -0.116. The van der Waals surface area contributed by atoms with Crippen LogP contribution in [0.5, 0.6) is 0 Å². The highest BCUT2D eigenvalue weighted by Crippen LogP contribution is 2.25. The van der Waals surface area contributed by atoms with Gasteiger partial charge in [0.2, 0.25) is 5.91 Å². The van der Waals surface area contributed by atoms with Gasteiger partial charge in [0.25, 0.3) is 5.91 Å². The maximum Gasteiger partial charge on any atom is 0.251 e. The van der Waals surface area contributed by atoms with E-state index in [1.165, 1.54) is 16.9 Å². The van der Waals surface area contributed by atoms with Crippen LogP contribution in [0.25, 0.3) is 10.2 Å². The van der Waals surface area contributed by atoms with Crippen LogP contribution in [0.3, 0.4) is 0 Å². The highest BCUT2D eigenvalue weighted by atomic mass is 32.1. The lowest BCUT2D eigenvalue weighted by Gasteiger charge is -2.19. The van der Waals surface area contributed by atoms with Crippen LogP contribution in [0.2, 0.25) is 0 Å². The number of anilines is 1. The van der Waals surface area contributed by atoms with Crippen molar-refractivity contribution >= 4 is 38.5 Å². The fraction of sp³-hybridized carbons (Fsp3) is 0.286. The summed E-state index contributed by atoms with van der Waals surface area (Å²) in [6.45, 7) is 6.67. The van der Waals surface area contributed by atoms with Gasteiger partial charge >= 0.3 is 0 Å². The van der Waals surface area contributed by atoms with Crippen LogP contribution in [-0.4, -0.2) is 23.3 Å². The van der Waals surface area contributed by atoms with Gasteiger partial charge in [0.05, 0.1) is 10.2 Å². The smallest absolute Gasteiger partial charge is 0.251 e. The summed E-state index contributed by atoms with van der Waals surface area (Å²) in [6, 6.07) is 15.3. The molecule has 0 aliphatic heterocycles. The number of hydrogen-bond donors (Lipinski definition) is 2. The second-order valence-electron chi connectivity index (χ2n) is 7.37. The summed E-state index contributed by atoms with van der Waals surface area (Å²) in [5, 5.41) is 6.14. The summed E-state index contributed by atoms with van der Waals surface area (Å²) in [6.07, 6.45) is 0.196. The molecule has 0 aliphatic rings. The second-order valence-corrected chi connectivity index (χ2v) is 8.40. The van der Waals surface area contributed by atoms with Crippen LogP contribution in [0.4, 0.5) is 5.13 Å². The summed E-state index contributed by atoms with van der Waals surface area (Å²) >= 11 is 1.44. The van der Waals surface area contributed by atoms with Gasteiger partial charge < -0.3 is 10.6 Å². The fourth-order valence-electron chi connectivity index (χ4n) is 2.62. The third-order valence-electron chi connectivity index (χ3n) is 4.19. The van der Waals surface area contributed by atoms with Gasteiger partial charge in [-0.25, -0.2) is 4.98 Å². The van der Waals surface area contributed by atoms with Crippen molar-refractivity contribution in [1.29, 1.82) is 0 Å². The van der Waals surface area contributed by atoms with Crippen molar-refractivity contribution < 1.29 is 9.59 Å². The van der Waals surface area contributed by atoms with Gasteiger partial charge in [-0.3, -0.25) is 9.59 Å². The molecule has 0 saturated heterocycles. The number of thiazole rings is 1. The number of para-hydroxylation sites is 1. The number of rotatable bonds is 5. The zero-order chi connectivity index (χ0) is 19.4. The van der Waals surface area contributed by atoms with Crippen molar-refractivity contribution in [2.45, 2.75) is 32.6 Å². The first-order valence-electron chi connectivity index (χ1n) is 8.87. The van der Waals surface area contributed by atoms with E-state index in [0.29, 0.717) is 10.7 Å². The molecule has 27 heavy (non-hydrogen) atoms. The van der Waals surface area contributed by atoms with Crippen molar-refractivity contribution in [3.05, 3.63) is 59.7 Å². The first kappa shape index (κ1) is 19.0. The van der Waals surface area contributed by atoms with Gasteiger partial charge in [-0.1, -0.05) is 56.4 Å². The largest absolute Gasteiger partial charge is 0.352 e. The van der Waals surface area contributed by atoms with Crippen molar-refractivity contribution in [1.82, 2.24) is 10.3 Å². The fourth-order valence-corrected chi connectivity index (χ4v) is 3.50. The zero-order valence-electron chi connectivity index (χ0n) is 15.7. The zero-order valence-corrected chi connectivity index (χ0v) is 16.5. The second kappa shape index (κ2) is 7.88. The quantitative estimate of drug-likeness (QED) is 0.690. The molecule has 0 unspecified atom stereocenters. The standard InChI is InChI=1S/C21H23N3O2S/c1-21(2,3)15-10-8-14(9-11-15)19(26)22-13-12-18(25)24-20-23-16-6-4-5-7-17(16)27-20/h4-11H,12-13H2,1-3H3,(H,22,26)(H,23,24,25). The molecule has 0 atom stereocenters. The lowest BCUT2D eigenvalue weighted by atomic mass is 9.87. The molecule has 0 radical (unpaired) electrons. The van der Waals surface area contributed by atoms with Crippen molar-refractivity contribution in [2.24, 2.45) is 0 Å². The minimum Gasteiger partial charge on any atom is -0.352 e. The molecule has 0 saturated carbocycles. The predicted molar refractivity (Wildman–Crippen MR) is 110 cm³/mol. The van der Waals surface area contributed by atoms with Crippen LogP contribution in [0.15, 0.2) is 48.5 Å². The summed E-state index contributed by atoms with van der Waals surface area (Å²) in [7, 11) is 0. The van der Waals surface area contributed by atoms with E-state index in [9.17, 15) is 9.59 Å². The van der Waals surface area contributed by atoms with Gasteiger partial charge in [-0.05, 0) is 35.2 Å². The maximum atomic E-state index is 12.2. The Balaban J connectivity index is 1.48. The number of fused-ring (bicyclic) bond motifs is 1. The van der Waals surface area contributed by atoms with Crippen LogP contribution >= 0.6 is 11.3 Å². The van der Waals surface area contributed by atoms with Gasteiger partial charge in [0.15, 0.2) is 5.13 Å². The van der Waals surface area contributed by atoms with E-state index < -0.39 is 0 Å². The first-order chi connectivity index (χ1) is 12.8. The number of benzene rings is 2. The Bertz CT molecular complexity index is 922. The Labute approximate surface area is 162 Å². The van der Waals surface area contributed by atoms with Gasteiger partial charge in [0, 0.05) is 18.5 Å².